The van der Waals surface area contributed by atoms with E-state index in [1.54, 1.807) is 12.3 Å². The number of aromatic nitrogens is 3. The third kappa shape index (κ3) is 4.09. The zero-order chi connectivity index (χ0) is 15.4. The highest BCUT2D eigenvalue weighted by Gasteiger charge is 2.18. The summed E-state index contributed by atoms with van der Waals surface area (Å²) in [5, 5.41) is 0. The fourth-order valence-electron chi connectivity index (χ4n) is 2.34. The number of rotatable bonds is 6. The lowest BCUT2D eigenvalue weighted by Crippen LogP contribution is -2.31. The van der Waals surface area contributed by atoms with Gasteiger partial charge in [-0.1, -0.05) is 6.92 Å². The first kappa shape index (κ1) is 15.6. The predicted octanol–water partition coefficient (Wildman–Crippen LogP) is 1.72. The van der Waals surface area contributed by atoms with Crippen LogP contribution in [-0.2, 0) is 13.6 Å². The largest absolute Gasteiger partial charge is 0.337 e. The van der Waals surface area contributed by atoms with Crippen molar-refractivity contribution in [3.8, 4) is 0 Å². The van der Waals surface area contributed by atoms with Crippen molar-refractivity contribution >= 4 is 0 Å². The average molecular weight is 291 g/mol. The number of nitrogens with two attached hydrogens (primary N) is 1. The second kappa shape index (κ2) is 6.78. The van der Waals surface area contributed by atoms with Gasteiger partial charge in [-0.05, 0) is 25.1 Å². The number of hydrogen-bond donors (Lipinski definition) is 1. The Labute approximate surface area is 124 Å². The van der Waals surface area contributed by atoms with E-state index in [-0.39, 0.29) is 17.8 Å². The highest BCUT2D eigenvalue weighted by molar-refractivity contribution is 5.10. The topological polar surface area (TPSA) is 60.0 Å². The van der Waals surface area contributed by atoms with Crippen molar-refractivity contribution in [1.29, 1.82) is 0 Å². The molecular formula is C15H22FN5. The first-order chi connectivity index (χ1) is 9.97. The Bertz CT molecular complexity index is 566. The summed E-state index contributed by atoms with van der Waals surface area (Å²) >= 11 is 0. The molecule has 2 heterocycles. The van der Waals surface area contributed by atoms with E-state index in [1.165, 1.54) is 12.3 Å². The highest BCUT2D eigenvalue weighted by atomic mass is 19.1. The van der Waals surface area contributed by atoms with E-state index in [9.17, 15) is 4.39 Å². The summed E-state index contributed by atoms with van der Waals surface area (Å²) in [6.07, 6.45) is 4.93. The minimum absolute atomic E-state index is 0.202. The van der Waals surface area contributed by atoms with Gasteiger partial charge in [-0.2, -0.15) is 0 Å². The maximum absolute atomic E-state index is 12.9. The van der Waals surface area contributed by atoms with E-state index in [0.717, 1.165) is 18.9 Å². The lowest BCUT2D eigenvalue weighted by molar-refractivity contribution is 0.249. The second-order valence-corrected chi connectivity index (χ2v) is 5.56. The first-order valence-electron chi connectivity index (χ1n) is 6.99. The molecule has 114 valence electrons. The van der Waals surface area contributed by atoms with Gasteiger partial charge >= 0.3 is 0 Å². The van der Waals surface area contributed by atoms with Crippen LogP contribution in [0, 0.1) is 11.7 Å². The van der Waals surface area contributed by atoms with Crippen LogP contribution in [0.1, 0.15) is 24.5 Å². The van der Waals surface area contributed by atoms with Gasteiger partial charge in [0.1, 0.15) is 11.6 Å². The lowest BCUT2D eigenvalue weighted by atomic mass is 9.99. The molecule has 0 radical (unpaired) electrons. The van der Waals surface area contributed by atoms with Gasteiger partial charge in [0.25, 0.3) is 0 Å². The van der Waals surface area contributed by atoms with Gasteiger partial charge in [0.2, 0.25) is 0 Å². The Morgan fingerprint density at radius 2 is 2.14 bits per heavy atom. The molecule has 0 saturated carbocycles. The van der Waals surface area contributed by atoms with Crippen molar-refractivity contribution in [2.45, 2.75) is 19.5 Å². The molecule has 2 aromatic heterocycles. The number of pyridine rings is 1. The number of hydrogen-bond acceptors (Lipinski definition) is 4. The quantitative estimate of drug-likeness (QED) is 0.880. The van der Waals surface area contributed by atoms with Crippen molar-refractivity contribution in [3.05, 3.63) is 48.1 Å². The van der Waals surface area contributed by atoms with Crippen molar-refractivity contribution in [3.63, 3.8) is 0 Å². The van der Waals surface area contributed by atoms with E-state index in [4.69, 9.17) is 5.73 Å². The van der Waals surface area contributed by atoms with Crippen LogP contribution in [0.2, 0.25) is 0 Å². The SMILES string of the molecule is CC(CN(C)Cc1nccn1C)C(N)c1ccc(F)cn1. The summed E-state index contributed by atoms with van der Waals surface area (Å²) in [6, 6.07) is 2.83. The second-order valence-electron chi connectivity index (χ2n) is 5.56. The van der Waals surface area contributed by atoms with Gasteiger partial charge in [-0.15, -0.1) is 0 Å². The summed E-state index contributed by atoms with van der Waals surface area (Å²) in [6.45, 7) is 3.65. The van der Waals surface area contributed by atoms with Crippen LogP contribution >= 0.6 is 0 Å². The van der Waals surface area contributed by atoms with E-state index in [1.807, 2.05) is 24.9 Å². The Morgan fingerprint density at radius 3 is 2.71 bits per heavy atom. The molecule has 0 aliphatic rings. The van der Waals surface area contributed by atoms with E-state index in [2.05, 4.69) is 21.8 Å². The molecule has 6 heteroatoms. The molecule has 0 saturated heterocycles. The molecule has 0 aliphatic carbocycles. The smallest absolute Gasteiger partial charge is 0.141 e. The molecule has 0 bridgehead atoms. The van der Waals surface area contributed by atoms with Crippen molar-refractivity contribution in [1.82, 2.24) is 19.4 Å². The molecule has 2 unspecified atom stereocenters. The standard InChI is InChI=1S/C15H22FN5/c1-11(15(17)13-5-4-12(16)8-19-13)9-20(2)10-14-18-6-7-21(14)3/h4-8,11,15H,9-10,17H2,1-3H3. The molecule has 2 rings (SSSR count). The van der Waals surface area contributed by atoms with Crippen molar-refractivity contribution < 1.29 is 4.39 Å². The highest BCUT2D eigenvalue weighted by Crippen LogP contribution is 2.18. The minimum Gasteiger partial charge on any atom is -0.337 e. The van der Waals surface area contributed by atoms with Gasteiger partial charge in [-0.3, -0.25) is 9.88 Å². The van der Waals surface area contributed by atoms with Crippen LogP contribution in [0.25, 0.3) is 0 Å². The lowest BCUT2D eigenvalue weighted by Gasteiger charge is -2.25. The Balaban J connectivity index is 1.92. The molecule has 2 aromatic rings. The van der Waals surface area contributed by atoms with E-state index < -0.39 is 0 Å². The zero-order valence-corrected chi connectivity index (χ0v) is 12.7. The van der Waals surface area contributed by atoms with Crippen LogP contribution < -0.4 is 5.73 Å². The van der Waals surface area contributed by atoms with Crippen LogP contribution in [0.4, 0.5) is 4.39 Å². The fourth-order valence-corrected chi connectivity index (χ4v) is 2.34. The molecule has 0 aliphatic heterocycles. The summed E-state index contributed by atoms with van der Waals surface area (Å²) in [5.41, 5.74) is 6.92. The summed E-state index contributed by atoms with van der Waals surface area (Å²) < 4.78 is 14.9. The van der Waals surface area contributed by atoms with Crippen LogP contribution in [0.15, 0.2) is 30.7 Å². The van der Waals surface area contributed by atoms with Crippen LogP contribution in [-0.4, -0.2) is 33.0 Å². The van der Waals surface area contributed by atoms with Crippen LogP contribution in [0.5, 0.6) is 0 Å². The van der Waals surface area contributed by atoms with Crippen molar-refractivity contribution in [2.75, 3.05) is 13.6 Å². The van der Waals surface area contributed by atoms with Crippen molar-refractivity contribution in [2.24, 2.45) is 18.7 Å². The van der Waals surface area contributed by atoms with Gasteiger partial charge in [0, 0.05) is 26.0 Å². The molecule has 2 N–H and O–H groups in total. The van der Waals surface area contributed by atoms with Gasteiger partial charge in [0.15, 0.2) is 0 Å². The minimum atomic E-state index is -0.342. The third-order valence-electron chi connectivity index (χ3n) is 3.64. The molecule has 2 atom stereocenters. The maximum atomic E-state index is 12.9. The monoisotopic (exact) mass is 291 g/mol. The molecule has 0 aromatic carbocycles. The van der Waals surface area contributed by atoms with Gasteiger partial charge in [0.05, 0.1) is 24.5 Å². The molecule has 0 spiro atoms. The molecule has 21 heavy (non-hydrogen) atoms. The number of imidazole rings is 1. The maximum Gasteiger partial charge on any atom is 0.141 e. The Kier molecular flexibility index (Phi) is 5.03. The third-order valence-corrected chi connectivity index (χ3v) is 3.64. The number of nitrogens with zero attached hydrogens (tertiary/aromatic N) is 4. The van der Waals surface area contributed by atoms with E-state index >= 15 is 0 Å². The fraction of sp³-hybridized carbons (Fsp3) is 0.467. The number of halogens is 1. The number of aryl methyl sites for hydroxylation is 1. The molecular weight excluding hydrogens is 269 g/mol. The zero-order valence-electron chi connectivity index (χ0n) is 12.7. The Morgan fingerprint density at radius 1 is 1.38 bits per heavy atom. The van der Waals surface area contributed by atoms with Gasteiger partial charge in [-0.25, -0.2) is 9.37 Å². The Hall–Kier alpha value is -1.79. The molecule has 0 fully saturated rings. The van der Waals surface area contributed by atoms with E-state index in [0.29, 0.717) is 5.69 Å². The first-order valence-corrected chi connectivity index (χ1v) is 6.99. The molecule has 0 amide bonds. The summed E-state index contributed by atoms with van der Waals surface area (Å²) in [5.74, 6) is 0.872. The van der Waals surface area contributed by atoms with Gasteiger partial charge < -0.3 is 10.3 Å². The predicted molar refractivity (Wildman–Crippen MR) is 79.8 cm³/mol. The normalized spacial score (nSPS) is 14.4. The van der Waals surface area contributed by atoms with Crippen LogP contribution in [0.3, 0.4) is 0 Å². The molecule has 5 nitrogen and oxygen atoms in total. The average Bonchev–Trinajstić information content (AvgIpc) is 2.84. The summed E-state index contributed by atoms with van der Waals surface area (Å²) in [4.78, 5) is 10.6. The summed E-state index contributed by atoms with van der Waals surface area (Å²) in [7, 11) is 4.02.